The average Bonchev–Trinajstić information content (AvgIpc) is 2.77. The molecule has 0 unspecified atom stereocenters. The summed E-state index contributed by atoms with van der Waals surface area (Å²) in [5.74, 6) is 0. The molecule has 0 amide bonds. The van der Waals surface area contributed by atoms with Gasteiger partial charge in [-0.2, -0.15) is 4.57 Å². The third-order valence-corrected chi connectivity index (χ3v) is 3.64. The summed E-state index contributed by atoms with van der Waals surface area (Å²) < 4.78 is 2.27. The second-order valence-corrected chi connectivity index (χ2v) is 4.70. The number of aryl methyl sites for hydroxylation is 1. The maximum atomic E-state index is 3.49. The van der Waals surface area contributed by atoms with Gasteiger partial charge in [0.2, 0.25) is 11.0 Å². The number of H-pyrrole nitrogens is 1. The zero-order valence-electron chi connectivity index (χ0n) is 10.9. The molecule has 0 saturated carbocycles. The second-order valence-electron chi connectivity index (χ2n) is 4.70. The van der Waals surface area contributed by atoms with Crippen molar-refractivity contribution in [1.29, 1.82) is 0 Å². The monoisotopic (exact) mass is 304 g/mol. The SMILES string of the molecule is C[n+]1c2ccccc2cc2[nH]c3ccccc3c21.Cl.[Cl-]. The van der Waals surface area contributed by atoms with Crippen molar-refractivity contribution in [2.24, 2.45) is 7.05 Å². The van der Waals surface area contributed by atoms with Gasteiger partial charge in [-0.25, -0.2) is 0 Å². The van der Waals surface area contributed by atoms with Crippen LogP contribution >= 0.6 is 12.4 Å². The molecule has 0 aliphatic carbocycles. The van der Waals surface area contributed by atoms with Crippen molar-refractivity contribution in [3.05, 3.63) is 54.6 Å². The number of hydrogen-bond donors (Lipinski definition) is 1. The summed E-state index contributed by atoms with van der Waals surface area (Å²) in [7, 11) is 2.13. The van der Waals surface area contributed by atoms with E-state index >= 15 is 0 Å². The highest BCUT2D eigenvalue weighted by Crippen LogP contribution is 2.24. The molecule has 0 spiro atoms. The molecule has 0 fully saturated rings. The van der Waals surface area contributed by atoms with Gasteiger partial charge in [0.25, 0.3) is 0 Å². The minimum absolute atomic E-state index is 0. The third kappa shape index (κ3) is 1.92. The van der Waals surface area contributed by atoms with Gasteiger partial charge in [0.1, 0.15) is 12.6 Å². The van der Waals surface area contributed by atoms with Crippen LogP contribution in [0.1, 0.15) is 0 Å². The van der Waals surface area contributed by atoms with E-state index < -0.39 is 0 Å². The molecule has 4 rings (SSSR count). The van der Waals surface area contributed by atoms with Crippen molar-refractivity contribution in [1.82, 2.24) is 4.98 Å². The Bertz CT molecular complexity index is 897. The van der Waals surface area contributed by atoms with E-state index in [0.29, 0.717) is 0 Å². The number of benzene rings is 2. The molecule has 0 aliphatic heterocycles. The molecular formula is C16H14Cl2N2. The van der Waals surface area contributed by atoms with E-state index in [1.54, 1.807) is 0 Å². The molecule has 4 aromatic rings. The van der Waals surface area contributed by atoms with E-state index in [1.807, 2.05) is 0 Å². The Kier molecular flexibility index (Phi) is 3.89. The lowest BCUT2D eigenvalue weighted by molar-refractivity contribution is -0.616. The fourth-order valence-corrected chi connectivity index (χ4v) is 2.80. The van der Waals surface area contributed by atoms with Crippen LogP contribution in [0.15, 0.2) is 54.6 Å². The Hall–Kier alpha value is -1.77. The zero-order valence-corrected chi connectivity index (χ0v) is 12.5. The molecule has 4 heteroatoms. The Morgan fingerprint density at radius 1 is 0.900 bits per heavy atom. The van der Waals surface area contributed by atoms with E-state index in [9.17, 15) is 0 Å². The summed E-state index contributed by atoms with van der Waals surface area (Å²) in [5, 5.41) is 2.54. The van der Waals surface area contributed by atoms with Crippen LogP contribution in [-0.2, 0) is 7.05 Å². The smallest absolute Gasteiger partial charge is 0.238 e. The Balaban J connectivity index is 0.000000735. The lowest BCUT2D eigenvalue weighted by Crippen LogP contribution is -3.00. The molecule has 2 heterocycles. The number of halogens is 2. The summed E-state index contributed by atoms with van der Waals surface area (Å²) in [5.41, 5.74) is 4.91. The van der Waals surface area contributed by atoms with Crippen molar-refractivity contribution in [2.45, 2.75) is 0 Å². The van der Waals surface area contributed by atoms with Gasteiger partial charge in [0.15, 0.2) is 0 Å². The number of pyridine rings is 1. The topological polar surface area (TPSA) is 19.7 Å². The van der Waals surface area contributed by atoms with Crippen LogP contribution in [0, 0.1) is 0 Å². The van der Waals surface area contributed by atoms with Gasteiger partial charge in [-0.15, -0.1) is 12.4 Å². The molecule has 0 atom stereocenters. The zero-order chi connectivity index (χ0) is 12.1. The first-order valence-corrected chi connectivity index (χ1v) is 6.13. The van der Waals surface area contributed by atoms with Crippen LogP contribution in [-0.4, -0.2) is 4.98 Å². The highest BCUT2D eigenvalue weighted by molar-refractivity contribution is 6.05. The molecule has 0 saturated heterocycles. The van der Waals surface area contributed by atoms with Crippen molar-refractivity contribution in [3.8, 4) is 0 Å². The van der Waals surface area contributed by atoms with Crippen molar-refractivity contribution in [3.63, 3.8) is 0 Å². The maximum Gasteiger partial charge on any atom is 0.238 e. The molecule has 2 nitrogen and oxygen atoms in total. The number of para-hydroxylation sites is 2. The van der Waals surface area contributed by atoms with Gasteiger partial charge in [-0.05, 0) is 24.3 Å². The Labute approximate surface area is 129 Å². The summed E-state index contributed by atoms with van der Waals surface area (Å²) in [6.07, 6.45) is 0. The van der Waals surface area contributed by atoms with E-state index in [-0.39, 0.29) is 24.8 Å². The summed E-state index contributed by atoms with van der Waals surface area (Å²) >= 11 is 0. The molecule has 20 heavy (non-hydrogen) atoms. The van der Waals surface area contributed by atoms with Gasteiger partial charge in [-0.3, -0.25) is 0 Å². The number of hydrogen-bond acceptors (Lipinski definition) is 0. The predicted molar refractivity (Wildman–Crippen MR) is 81.7 cm³/mol. The number of aromatic nitrogens is 2. The number of nitrogens with zero attached hydrogens (tertiary/aromatic N) is 1. The number of nitrogens with one attached hydrogen (secondary N) is 1. The lowest BCUT2D eigenvalue weighted by Gasteiger charge is -1.98. The highest BCUT2D eigenvalue weighted by atomic mass is 35.5. The summed E-state index contributed by atoms with van der Waals surface area (Å²) in [6.45, 7) is 0. The van der Waals surface area contributed by atoms with Crippen LogP contribution in [0.2, 0.25) is 0 Å². The van der Waals surface area contributed by atoms with E-state index in [0.717, 1.165) is 0 Å². The van der Waals surface area contributed by atoms with Crippen LogP contribution < -0.4 is 17.0 Å². The van der Waals surface area contributed by atoms with E-state index in [2.05, 4.69) is 71.2 Å². The first kappa shape index (κ1) is 14.6. The molecule has 0 radical (unpaired) electrons. The second kappa shape index (κ2) is 5.31. The quantitative estimate of drug-likeness (QED) is 0.462. The van der Waals surface area contributed by atoms with E-state index in [4.69, 9.17) is 0 Å². The fourth-order valence-electron chi connectivity index (χ4n) is 2.80. The molecule has 2 aromatic carbocycles. The number of fused-ring (bicyclic) bond motifs is 4. The third-order valence-electron chi connectivity index (χ3n) is 3.64. The minimum Gasteiger partial charge on any atom is -1.00 e. The van der Waals surface area contributed by atoms with Crippen LogP contribution in [0.3, 0.4) is 0 Å². The summed E-state index contributed by atoms with van der Waals surface area (Å²) in [6, 6.07) is 19.2. The number of rotatable bonds is 0. The predicted octanol–water partition coefficient (Wildman–Crippen LogP) is 0.725. The Morgan fingerprint density at radius 3 is 2.45 bits per heavy atom. The molecule has 102 valence electrons. The van der Waals surface area contributed by atoms with Crippen molar-refractivity contribution in [2.75, 3.05) is 0 Å². The van der Waals surface area contributed by atoms with Gasteiger partial charge >= 0.3 is 0 Å². The average molecular weight is 305 g/mol. The Morgan fingerprint density at radius 2 is 1.60 bits per heavy atom. The van der Waals surface area contributed by atoms with Gasteiger partial charge < -0.3 is 17.4 Å². The number of aromatic amines is 1. The highest BCUT2D eigenvalue weighted by Gasteiger charge is 2.16. The van der Waals surface area contributed by atoms with Crippen LogP contribution in [0.4, 0.5) is 0 Å². The minimum atomic E-state index is 0. The summed E-state index contributed by atoms with van der Waals surface area (Å²) in [4.78, 5) is 3.49. The largest absolute Gasteiger partial charge is 1.00 e. The first-order chi connectivity index (χ1) is 8.84. The molecular weight excluding hydrogens is 291 g/mol. The molecule has 1 N–H and O–H groups in total. The molecule has 2 aromatic heterocycles. The normalized spacial score (nSPS) is 10.4. The molecule has 0 aliphatic rings. The van der Waals surface area contributed by atoms with Crippen LogP contribution in [0.25, 0.3) is 32.8 Å². The van der Waals surface area contributed by atoms with Crippen molar-refractivity contribution >= 4 is 45.2 Å². The fraction of sp³-hybridized carbons (Fsp3) is 0.0625. The van der Waals surface area contributed by atoms with Gasteiger partial charge in [0.05, 0.1) is 10.9 Å². The van der Waals surface area contributed by atoms with Crippen LogP contribution in [0.5, 0.6) is 0 Å². The lowest BCUT2D eigenvalue weighted by atomic mass is 10.1. The first-order valence-electron chi connectivity index (χ1n) is 6.13. The van der Waals surface area contributed by atoms with E-state index in [1.165, 1.54) is 32.8 Å². The van der Waals surface area contributed by atoms with Crippen molar-refractivity contribution < 1.29 is 17.0 Å². The van der Waals surface area contributed by atoms with Gasteiger partial charge in [-0.1, -0.05) is 24.3 Å². The molecule has 0 bridgehead atoms. The van der Waals surface area contributed by atoms with Gasteiger partial charge in [0, 0.05) is 11.5 Å². The standard InChI is InChI=1S/C16H12N2.2ClH/c1-18-15-9-5-2-6-11(15)10-14-16(18)12-7-3-4-8-13(12)17-14;;/h2-10H,1H3;2*1H. The maximum absolute atomic E-state index is 3.49.